The van der Waals surface area contributed by atoms with Crippen LogP contribution >= 0.6 is 0 Å². The molecule has 2 rings (SSSR count). The van der Waals surface area contributed by atoms with E-state index in [9.17, 15) is 18.3 Å². The van der Waals surface area contributed by atoms with Crippen LogP contribution in [0.15, 0.2) is 0 Å². The molecule has 1 atom stereocenters. The fraction of sp³-hybridized carbons (Fsp3) is 0.929. The van der Waals surface area contributed by atoms with E-state index in [-0.39, 0.29) is 23.3 Å². The lowest BCUT2D eigenvalue weighted by Gasteiger charge is -2.37. The third-order valence-corrected chi connectivity index (χ3v) is 5.96. The summed E-state index contributed by atoms with van der Waals surface area (Å²) in [4.78, 5) is 16.2. The zero-order chi connectivity index (χ0) is 15.7. The van der Waals surface area contributed by atoms with Crippen LogP contribution in [0.4, 0.5) is 0 Å². The van der Waals surface area contributed by atoms with Crippen molar-refractivity contribution >= 4 is 15.7 Å². The van der Waals surface area contributed by atoms with E-state index in [2.05, 4.69) is 4.90 Å². The smallest absolute Gasteiger partial charge is 0.222 e. The Morgan fingerprint density at radius 1 is 1.24 bits per heavy atom. The molecule has 0 aliphatic carbocycles. The average Bonchev–Trinajstić information content (AvgIpc) is 2.67. The third-order valence-electron chi connectivity index (χ3n) is 4.13. The van der Waals surface area contributed by atoms with Crippen molar-refractivity contribution in [3.05, 3.63) is 0 Å². The number of hydrogen-bond donors (Lipinski definition) is 1. The molecule has 2 heterocycles. The monoisotopic (exact) mass is 318 g/mol. The summed E-state index contributed by atoms with van der Waals surface area (Å²) >= 11 is 0. The minimum absolute atomic E-state index is 0.00287. The van der Waals surface area contributed by atoms with E-state index in [0.29, 0.717) is 32.5 Å². The molecule has 0 aromatic heterocycles. The number of sulfone groups is 1. The summed E-state index contributed by atoms with van der Waals surface area (Å²) in [5.41, 5.74) is -0.718. The highest BCUT2D eigenvalue weighted by molar-refractivity contribution is 7.91. The van der Waals surface area contributed by atoms with Gasteiger partial charge in [-0.2, -0.15) is 0 Å². The maximum atomic E-state index is 12.2. The van der Waals surface area contributed by atoms with Gasteiger partial charge in [-0.05, 0) is 26.2 Å². The molecule has 0 aromatic rings. The standard InChI is InChI=1S/C14H26N2O4S/c1-14(2,18)11-15-4-6-16(7-5-15)13(17)9-12-3-8-21(19,20)10-12/h12,18H,3-11H2,1-2H3. The second kappa shape index (κ2) is 6.22. The molecule has 1 unspecified atom stereocenters. The number of nitrogens with zero attached hydrogens (tertiary/aromatic N) is 2. The van der Waals surface area contributed by atoms with Gasteiger partial charge in [0, 0.05) is 39.1 Å². The van der Waals surface area contributed by atoms with Crippen LogP contribution in [0.3, 0.4) is 0 Å². The van der Waals surface area contributed by atoms with Gasteiger partial charge in [0.1, 0.15) is 0 Å². The lowest BCUT2D eigenvalue weighted by molar-refractivity contribution is -0.134. The number of piperazine rings is 1. The van der Waals surface area contributed by atoms with E-state index >= 15 is 0 Å². The molecule has 7 heteroatoms. The Bertz CT molecular complexity index is 476. The average molecular weight is 318 g/mol. The lowest BCUT2D eigenvalue weighted by atomic mass is 10.0. The number of amides is 1. The molecule has 21 heavy (non-hydrogen) atoms. The summed E-state index contributed by atoms with van der Waals surface area (Å²) < 4.78 is 22.8. The molecule has 1 N–H and O–H groups in total. The van der Waals surface area contributed by atoms with Crippen molar-refractivity contribution in [1.29, 1.82) is 0 Å². The minimum atomic E-state index is -2.91. The van der Waals surface area contributed by atoms with Crippen molar-refractivity contribution in [2.45, 2.75) is 32.3 Å². The SMILES string of the molecule is CC(C)(O)CN1CCN(C(=O)CC2CCS(=O)(=O)C2)CC1. The highest BCUT2D eigenvalue weighted by Crippen LogP contribution is 2.22. The van der Waals surface area contributed by atoms with Crippen molar-refractivity contribution < 1.29 is 18.3 Å². The van der Waals surface area contributed by atoms with E-state index < -0.39 is 15.4 Å². The molecule has 2 fully saturated rings. The van der Waals surface area contributed by atoms with Gasteiger partial charge >= 0.3 is 0 Å². The maximum Gasteiger partial charge on any atom is 0.222 e. The van der Waals surface area contributed by atoms with Crippen LogP contribution in [-0.4, -0.2) is 79.1 Å². The van der Waals surface area contributed by atoms with Gasteiger partial charge in [-0.15, -0.1) is 0 Å². The van der Waals surface area contributed by atoms with Crippen molar-refractivity contribution in [3.63, 3.8) is 0 Å². The Balaban J connectivity index is 1.76. The molecular weight excluding hydrogens is 292 g/mol. The Kier molecular flexibility index (Phi) is 4.95. The first-order valence-electron chi connectivity index (χ1n) is 7.58. The van der Waals surface area contributed by atoms with E-state index in [4.69, 9.17) is 0 Å². The molecule has 0 spiro atoms. The van der Waals surface area contributed by atoms with E-state index in [1.54, 1.807) is 13.8 Å². The maximum absolute atomic E-state index is 12.2. The molecule has 0 saturated carbocycles. The van der Waals surface area contributed by atoms with Gasteiger partial charge in [-0.3, -0.25) is 9.69 Å². The van der Waals surface area contributed by atoms with Gasteiger partial charge in [-0.25, -0.2) is 8.42 Å². The number of hydrogen-bond acceptors (Lipinski definition) is 5. The summed E-state index contributed by atoms with van der Waals surface area (Å²) in [5, 5.41) is 9.80. The molecular formula is C14H26N2O4S. The number of carbonyl (C=O) groups is 1. The Morgan fingerprint density at radius 2 is 1.86 bits per heavy atom. The van der Waals surface area contributed by atoms with Crippen molar-refractivity contribution in [2.75, 3.05) is 44.2 Å². The van der Waals surface area contributed by atoms with Gasteiger partial charge in [0.15, 0.2) is 9.84 Å². The Hall–Kier alpha value is -0.660. The first kappa shape index (κ1) is 16.7. The Labute approximate surface area is 127 Å². The number of rotatable bonds is 4. The van der Waals surface area contributed by atoms with Crippen LogP contribution in [0.5, 0.6) is 0 Å². The molecule has 2 saturated heterocycles. The molecule has 2 aliphatic heterocycles. The summed E-state index contributed by atoms with van der Waals surface area (Å²) in [6.07, 6.45) is 0.970. The summed E-state index contributed by atoms with van der Waals surface area (Å²) in [7, 11) is -2.91. The zero-order valence-corrected chi connectivity index (χ0v) is 13.7. The molecule has 0 radical (unpaired) electrons. The Morgan fingerprint density at radius 3 is 2.33 bits per heavy atom. The minimum Gasteiger partial charge on any atom is -0.389 e. The number of aliphatic hydroxyl groups is 1. The number of β-amino-alcohol motifs (C(OH)–C–C–N with tert-alkyl or cyclic N) is 1. The zero-order valence-electron chi connectivity index (χ0n) is 12.9. The van der Waals surface area contributed by atoms with Crippen LogP contribution in [0.25, 0.3) is 0 Å². The van der Waals surface area contributed by atoms with Crippen LogP contribution in [0.2, 0.25) is 0 Å². The summed E-state index contributed by atoms with van der Waals surface area (Å²) in [6, 6.07) is 0. The highest BCUT2D eigenvalue weighted by atomic mass is 32.2. The molecule has 122 valence electrons. The first-order valence-corrected chi connectivity index (χ1v) is 9.40. The van der Waals surface area contributed by atoms with Crippen LogP contribution in [0.1, 0.15) is 26.7 Å². The van der Waals surface area contributed by atoms with Crippen molar-refractivity contribution in [1.82, 2.24) is 9.80 Å². The van der Waals surface area contributed by atoms with Gasteiger partial charge in [0.25, 0.3) is 0 Å². The third kappa shape index (κ3) is 5.23. The molecule has 1 amide bonds. The number of carbonyl (C=O) groups excluding carboxylic acids is 1. The first-order chi connectivity index (χ1) is 9.65. The van der Waals surface area contributed by atoms with Crippen molar-refractivity contribution in [3.8, 4) is 0 Å². The largest absolute Gasteiger partial charge is 0.389 e. The summed E-state index contributed by atoms with van der Waals surface area (Å²) in [5.74, 6) is 0.457. The van der Waals surface area contributed by atoms with Crippen LogP contribution < -0.4 is 0 Å². The van der Waals surface area contributed by atoms with E-state index in [0.717, 1.165) is 13.1 Å². The molecule has 6 nitrogen and oxygen atoms in total. The van der Waals surface area contributed by atoms with Crippen LogP contribution in [0, 0.1) is 5.92 Å². The summed E-state index contributed by atoms with van der Waals surface area (Å²) in [6.45, 7) is 7.02. The van der Waals surface area contributed by atoms with Gasteiger partial charge in [0.05, 0.1) is 17.1 Å². The van der Waals surface area contributed by atoms with Crippen molar-refractivity contribution in [2.24, 2.45) is 5.92 Å². The second-order valence-corrected chi connectivity index (χ2v) is 9.17. The lowest BCUT2D eigenvalue weighted by Crippen LogP contribution is -2.52. The fourth-order valence-electron chi connectivity index (χ4n) is 3.11. The van der Waals surface area contributed by atoms with Gasteiger partial charge in [0.2, 0.25) is 5.91 Å². The van der Waals surface area contributed by atoms with E-state index in [1.165, 1.54) is 0 Å². The quantitative estimate of drug-likeness (QED) is 0.772. The second-order valence-electron chi connectivity index (χ2n) is 6.94. The molecule has 2 aliphatic rings. The topological polar surface area (TPSA) is 77.9 Å². The normalized spacial score (nSPS) is 27.0. The molecule has 0 aromatic carbocycles. The predicted molar refractivity (Wildman–Crippen MR) is 80.7 cm³/mol. The fourth-order valence-corrected chi connectivity index (χ4v) is 4.97. The van der Waals surface area contributed by atoms with Crippen LogP contribution in [-0.2, 0) is 14.6 Å². The molecule has 0 bridgehead atoms. The predicted octanol–water partition coefficient (Wildman–Crippen LogP) is -0.274. The van der Waals surface area contributed by atoms with Gasteiger partial charge in [-0.1, -0.05) is 0 Å². The van der Waals surface area contributed by atoms with Gasteiger partial charge < -0.3 is 10.0 Å². The highest BCUT2D eigenvalue weighted by Gasteiger charge is 2.31. The van der Waals surface area contributed by atoms with E-state index in [1.807, 2.05) is 4.90 Å².